The summed E-state index contributed by atoms with van der Waals surface area (Å²) in [6.07, 6.45) is 0. The minimum Gasteiger partial charge on any atom is -0.358 e. The molecule has 2 aromatic heterocycles. The predicted molar refractivity (Wildman–Crippen MR) is 71.8 cm³/mol. The summed E-state index contributed by atoms with van der Waals surface area (Å²) in [4.78, 5) is 11.4. The molecule has 18 heavy (non-hydrogen) atoms. The van der Waals surface area contributed by atoms with Crippen LogP contribution in [0.15, 0.2) is 16.9 Å². The molecule has 1 N–H and O–H groups in total. The van der Waals surface area contributed by atoms with Crippen molar-refractivity contribution in [1.29, 1.82) is 0 Å². The Morgan fingerprint density at radius 1 is 1.39 bits per heavy atom. The van der Waals surface area contributed by atoms with E-state index in [0.29, 0.717) is 23.3 Å². The van der Waals surface area contributed by atoms with Gasteiger partial charge in [0.2, 0.25) is 5.13 Å². The van der Waals surface area contributed by atoms with Crippen LogP contribution in [0.25, 0.3) is 10.7 Å². The molecule has 0 fully saturated rings. The average Bonchev–Trinajstić information content (AvgIpc) is 2.77. The molecule has 0 aliphatic rings. The SMILES string of the molecule is CCn1nc(-c2nnc(NC(C)C)s2)ccc1=O. The molecule has 0 radical (unpaired) electrons. The van der Waals surface area contributed by atoms with Crippen molar-refractivity contribution in [2.75, 3.05) is 5.32 Å². The molecule has 0 aromatic carbocycles. The largest absolute Gasteiger partial charge is 0.358 e. The molecule has 0 saturated heterocycles. The standard InChI is InChI=1S/C11H15N5OS/c1-4-16-9(17)6-5-8(15-16)10-13-14-11(18-10)12-7(2)3/h5-7H,4H2,1-3H3,(H,12,14). The normalized spacial score (nSPS) is 10.9. The van der Waals surface area contributed by atoms with Crippen LogP contribution in [0.3, 0.4) is 0 Å². The number of anilines is 1. The summed E-state index contributed by atoms with van der Waals surface area (Å²) < 4.78 is 1.41. The van der Waals surface area contributed by atoms with Gasteiger partial charge in [0.15, 0.2) is 5.01 Å². The lowest BCUT2D eigenvalue weighted by Gasteiger charge is -2.03. The summed E-state index contributed by atoms with van der Waals surface area (Å²) in [7, 11) is 0. The highest BCUT2D eigenvalue weighted by atomic mass is 32.1. The number of nitrogens with one attached hydrogen (secondary N) is 1. The molecule has 0 aliphatic carbocycles. The number of nitrogens with zero attached hydrogens (tertiary/aromatic N) is 4. The van der Waals surface area contributed by atoms with Crippen LogP contribution in [-0.2, 0) is 6.54 Å². The van der Waals surface area contributed by atoms with Crippen molar-refractivity contribution >= 4 is 16.5 Å². The first-order valence-electron chi connectivity index (χ1n) is 5.78. The van der Waals surface area contributed by atoms with Crippen LogP contribution in [0.1, 0.15) is 20.8 Å². The zero-order valence-corrected chi connectivity index (χ0v) is 11.4. The third-order valence-corrected chi connectivity index (χ3v) is 3.10. The van der Waals surface area contributed by atoms with Crippen LogP contribution in [0.5, 0.6) is 0 Å². The fourth-order valence-corrected chi connectivity index (χ4v) is 2.28. The van der Waals surface area contributed by atoms with Gasteiger partial charge in [0, 0.05) is 18.7 Å². The molecule has 0 saturated carbocycles. The summed E-state index contributed by atoms with van der Waals surface area (Å²) >= 11 is 1.43. The van der Waals surface area contributed by atoms with Gasteiger partial charge >= 0.3 is 0 Å². The summed E-state index contributed by atoms with van der Waals surface area (Å²) in [5.74, 6) is 0. The molecule has 0 aliphatic heterocycles. The molecule has 6 nitrogen and oxygen atoms in total. The van der Waals surface area contributed by atoms with E-state index in [4.69, 9.17) is 0 Å². The lowest BCUT2D eigenvalue weighted by molar-refractivity contribution is 0.618. The van der Waals surface area contributed by atoms with Crippen molar-refractivity contribution in [3.05, 3.63) is 22.5 Å². The second kappa shape index (κ2) is 5.26. The molecule has 2 aromatic rings. The van der Waals surface area contributed by atoms with Gasteiger partial charge in [-0.3, -0.25) is 4.79 Å². The minimum absolute atomic E-state index is 0.105. The summed E-state index contributed by atoms with van der Waals surface area (Å²) in [5, 5.41) is 17.0. The number of aromatic nitrogens is 4. The van der Waals surface area contributed by atoms with E-state index in [-0.39, 0.29) is 5.56 Å². The second-order valence-corrected chi connectivity index (χ2v) is 5.06. The van der Waals surface area contributed by atoms with E-state index in [0.717, 1.165) is 5.13 Å². The zero-order chi connectivity index (χ0) is 13.1. The van der Waals surface area contributed by atoms with Crippen molar-refractivity contribution in [1.82, 2.24) is 20.0 Å². The number of aryl methyl sites for hydroxylation is 1. The van der Waals surface area contributed by atoms with Crippen LogP contribution in [0.4, 0.5) is 5.13 Å². The quantitative estimate of drug-likeness (QED) is 0.909. The molecular formula is C11H15N5OS. The van der Waals surface area contributed by atoms with Crippen LogP contribution in [-0.4, -0.2) is 26.0 Å². The van der Waals surface area contributed by atoms with Crippen LogP contribution in [0.2, 0.25) is 0 Å². The Kier molecular flexibility index (Phi) is 3.71. The molecule has 0 amide bonds. The van der Waals surface area contributed by atoms with Gasteiger partial charge in [-0.2, -0.15) is 5.10 Å². The molecule has 2 rings (SSSR count). The Balaban J connectivity index is 2.31. The van der Waals surface area contributed by atoms with Gasteiger partial charge in [0.25, 0.3) is 5.56 Å². The Labute approximate surface area is 109 Å². The van der Waals surface area contributed by atoms with Gasteiger partial charge in [-0.05, 0) is 26.8 Å². The van der Waals surface area contributed by atoms with Crippen molar-refractivity contribution in [2.24, 2.45) is 0 Å². The molecule has 2 heterocycles. The smallest absolute Gasteiger partial charge is 0.266 e. The van der Waals surface area contributed by atoms with Gasteiger partial charge in [-0.1, -0.05) is 11.3 Å². The van der Waals surface area contributed by atoms with Crippen LogP contribution >= 0.6 is 11.3 Å². The van der Waals surface area contributed by atoms with Crippen molar-refractivity contribution in [3.63, 3.8) is 0 Å². The van der Waals surface area contributed by atoms with Crippen molar-refractivity contribution < 1.29 is 0 Å². The molecule has 0 unspecified atom stereocenters. The predicted octanol–water partition coefficient (Wildman–Crippen LogP) is 1.60. The van der Waals surface area contributed by atoms with Crippen LogP contribution < -0.4 is 10.9 Å². The third kappa shape index (κ3) is 2.73. The van der Waals surface area contributed by atoms with Gasteiger partial charge in [-0.25, -0.2) is 4.68 Å². The monoisotopic (exact) mass is 265 g/mol. The summed E-state index contributed by atoms with van der Waals surface area (Å²) in [5.41, 5.74) is 0.567. The minimum atomic E-state index is -0.105. The Hall–Kier alpha value is -1.76. The first-order valence-corrected chi connectivity index (χ1v) is 6.60. The van der Waals surface area contributed by atoms with Crippen molar-refractivity contribution in [2.45, 2.75) is 33.4 Å². The number of hydrogen-bond donors (Lipinski definition) is 1. The van der Waals surface area contributed by atoms with E-state index in [1.54, 1.807) is 6.07 Å². The Bertz CT molecular complexity index is 589. The van der Waals surface area contributed by atoms with E-state index in [9.17, 15) is 4.79 Å². The third-order valence-electron chi connectivity index (χ3n) is 2.22. The first-order chi connectivity index (χ1) is 8.60. The highest BCUT2D eigenvalue weighted by molar-refractivity contribution is 7.18. The number of rotatable bonds is 4. The Morgan fingerprint density at radius 2 is 2.17 bits per heavy atom. The fourth-order valence-electron chi connectivity index (χ4n) is 1.42. The van der Waals surface area contributed by atoms with E-state index in [2.05, 4.69) is 20.6 Å². The lowest BCUT2D eigenvalue weighted by Crippen LogP contribution is -2.20. The molecule has 96 valence electrons. The van der Waals surface area contributed by atoms with E-state index >= 15 is 0 Å². The highest BCUT2D eigenvalue weighted by Crippen LogP contribution is 2.24. The maximum Gasteiger partial charge on any atom is 0.266 e. The zero-order valence-electron chi connectivity index (χ0n) is 10.5. The molecule has 0 spiro atoms. The molecule has 0 atom stereocenters. The summed E-state index contributed by atoms with van der Waals surface area (Å²) in [6.45, 7) is 6.50. The van der Waals surface area contributed by atoms with Gasteiger partial charge in [-0.15, -0.1) is 10.2 Å². The maximum atomic E-state index is 11.4. The van der Waals surface area contributed by atoms with Gasteiger partial charge in [0.05, 0.1) is 0 Å². The Morgan fingerprint density at radius 3 is 2.83 bits per heavy atom. The molecule has 0 bridgehead atoms. The van der Waals surface area contributed by atoms with E-state index < -0.39 is 0 Å². The van der Waals surface area contributed by atoms with Crippen LogP contribution in [0, 0.1) is 0 Å². The number of hydrogen-bond acceptors (Lipinski definition) is 6. The van der Waals surface area contributed by atoms with E-state index in [1.165, 1.54) is 22.1 Å². The highest BCUT2D eigenvalue weighted by Gasteiger charge is 2.09. The van der Waals surface area contributed by atoms with E-state index in [1.807, 2.05) is 20.8 Å². The summed E-state index contributed by atoms with van der Waals surface area (Å²) in [6, 6.07) is 3.49. The van der Waals surface area contributed by atoms with Gasteiger partial charge in [0.1, 0.15) is 5.69 Å². The van der Waals surface area contributed by atoms with Crippen molar-refractivity contribution in [3.8, 4) is 10.7 Å². The lowest BCUT2D eigenvalue weighted by atomic mass is 10.4. The topological polar surface area (TPSA) is 72.7 Å². The first kappa shape index (κ1) is 12.7. The molecule has 7 heteroatoms. The molecular weight excluding hydrogens is 250 g/mol. The maximum absolute atomic E-state index is 11.4. The van der Waals surface area contributed by atoms with Gasteiger partial charge < -0.3 is 5.32 Å². The fraction of sp³-hybridized carbons (Fsp3) is 0.455. The average molecular weight is 265 g/mol. The second-order valence-electron chi connectivity index (χ2n) is 4.08.